The number of carbonyl (C=O) groups is 1. The SMILES string of the molecule is CCC1([C@H]2CCCN(N3CCN(c4cccc(F)c4)C3=O)C2)C=CC=CC1. The van der Waals surface area contributed by atoms with Crippen molar-refractivity contribution in [3.8, 4) is 0 Å². The molecule has 2 amide bonds. The molecule has 1 aromatic rings. The van der Waals surface area contributed by atoms with E-state index < -0.39 is 0 Å². The molecule has 3 aliphatic rings. The molecule has 1 aromatic carbocycles. The summed E-state index contributed by atoms with van der Waals surface area (Å²) in [5.74, 6) is 0.243. The number of anilines is 1. The van der Waals surface area contributed by atoms with Gasteiger partial charge in [0, 0.05) is 25.3 Å². The highest BCUT2D eigenvalue weighted by atomic mass is 19.1. The van der Waals surface area contributed by atoms with Gasteiger partial charge in [-0.25, -0.2) is 14.2 Å². The zero-order valence-electron chi connectivity index (χ0n) is 16.0. The fraction of sp³-hybridized carbons (Fsp3) is 0.500. The summed E-state index contributed by atoms with van der Waals surface area (Å²) in [7, 11) is 0. The summed E-state index contributed by atoms with van der Waals surface area (Å²) in [6.45, 7) is 5.37. The first-order chi connectivity index (χ1) is 13.1. The van der Waals surface area contributed by atoms with Crippen LogP contribution in [-0.4, -0.2) is 42.2 Å². The highest BCUT2D eigenvalue weighted by molar-refractivity contribution is 5.93. The maximum atomic E-state index is 13.6. The number of nitrogens with zero attached hydrogens (tertiary/aromatic N) is 3. The summed E-state index contributed by atoms with van der Waals surface area (Å²) in [6, 6.07) is 6.27. The van der Waals surface area contributed by atoms with Crippen molar-refractivity contribution in [1.82, 2.24) is 10.0 Å². The Morgan fingerprint density at radius 2 is 2.11 bits per heavy atom. The number of hydrogen-bond donors (Lipinski definition) is 0. The van der Waals surface area contributed by atoms with E-state index in [2.05, 4.69) is 36.2 Å². The highest BCUT2D eigenvalue weighted by Gasteiger charge is 2.41. The van der Waals surface area contributed by atoms with Crippen molar-refractivity contribution in [2.75, 3.05) is 31.1 Å². The molecule has 0 saturated carbocycles. The number of carbonyl (C=O) groups excluding carboxylic acids is 1. The van der Waals surface area contributed by atoms with Gasteiger partial charge in [-0.05, 0) is 55.2 Å². The average Bonchev–Trinajstić information content (AvgIpc) is 3.10. The Labute approximate surface area is 160 Å². The molecule has 5 heteroatoms. The number of piperidine rings is 1. The number of hydrogen-bond acceptors (Lipinski definition) is 2. The second-order valence-electron chi connectivity index (χ2n) is 7.87. The number of rotatable bonds is 4. The smallest absolute Gasteiger partial charge is 0.291 e. The van der Waals surface area contributed by atoms with Crippen molar-refractivity contribution in [2.24, 2.45) is 11.3 Å². The Morgan fingerprint density at radius 1 is 1.22 bits per heavy atom. The van der Waals surface area contributed by atoms with Crippen LogP contribution in [0.5, 0.6) is 0 Å². The Bertz CT molecular complexity index is 762. The van der Waals surface area contributed by atoms with Crippen molar-refractivity contribution in [1.29, 1.82) is 0 Å². The molecule has 2 atom stereocenters. The molecule has 2 fully saturated rings. The third-order valence-electron chi connectivity index (χ3n) is 6.49. The maximum Gasteiger partial charge on any atom is 0.339 e. The topological polar surface area (TPSA) is 26.8 Å². The number of urea groups is 1. The van der Waals surface area contributed by atoms with Gasteiger partial charge in [-0.15, -0.1) is 0 Å². The quantitative estimate of drug-likeness (QED) is 0.775. The van der Waals surface area contributed by atoms with E-state index in [0.29, 0.717) is 24.7 Å². The van der Waals surface area contributed by atoms with E-state index in [1.54, 1.807) is 17.0 Å². The van der Waals surface area contributed by atoms with Crippen LogP contribution in [0, 0.1) is 17.2 Å². The molecule has 2 saturated heterocycles. The summed E-state index contributed by atoms with van der Waals surface area (Å²) in [5, 5.41) is 4.11. The van der Waals surface area contributed by atoms with Gasteiger partial charge in [-0.2, -0.15) is 0 Å². The van der Waals surface area contributed by atoms with Crippen LogP contribution >= 0.6 is 0 Å². The van der Waals surface area contributed by atoms with Crippen LogP contribution < -0.4 is 4.90 Å². The molecule has 27 heavy (non-hydrogen) atoms. The van der Waals surface area contributed by atoms with Gasteiger partial charge < -0.3 is 0 Å². The van der Waals surface area contributed by atoms with E-state index >= 15 is 0 Å². The monoisotopic (exact) mass is 369 g/mol. The molecule has 2 aliphatic heterocycles. The largest absolute Gasteiger partial charge is 0.339 e. The van der Waals surface area contributed by atoms with E-state index in [0.717, 1.165) is 32.4 Å². The molecule has 0 aromatic heterocycles. The van der Waals surface area contributed by atoms with Gasteiger partial charge in [0.25, 0.3) is 0 Å². The van der Waals surface area contributed by atoms with Gasteiger partial charge in [0.05, 0.1) is 6.54 Å². The van der Waals surface area contributed by atoms with E-state index in [4.69, 9.17) is 0 Å². The lowest BCUT2D eigenvalue weighted by atomic mass is 9.66. The molecule has 4 rings (SSSR count). The molecule has 1 aliphatic carbocycles. The third kappa shape index (κ3) is 3.41. The lowest BCUT2D eigenvalue weighted by Crippen LogP contribution is -2.52. The minimum absolute atomic E-state index is 0.0362. The molecular weight excluding hydrogens is 341 g/mol. The fourth-order valence-corrected chi connectivity index (χ4v) is 4.85. The molecule has 1 unspecified atom stereocenters. The fourth-order valence-electron chi connectivity index (χ4n) is 4.85. The molecule has 0 radical (unpaired) electrons. The molecule has 0 N–H and O–H groups in total. The second kappa shape index (κ2) is 7.47. The average molecular weight is 369 g/mol. The lowest BCUT2D eigenvalue weighted by Gasteiger charge is -2.46. The summed E-state index contributed by atoms with van der Waals surface area (Å²) in [5.41, 5.74) is 0.847. The van der Waals surface area contributed by atoms with Crippen LogP contribution in [0.3, 0.4) is 0 Å². The number of hydrazine groups is 1. The van der Waals surface area contributed by atoms with E-state index in [1.165, 1.54) is 18.6 Å². The van der Waals surface area contributed by atoms with Crippen LogP contribution in [0.25, 0.3) is 0 Å². The first-order valence-electron chi connectivity index (χ1n) is 10.1. The van der Waals surface area contributed by atoms with Gasteiger partial charge in [-0.3, -0.25) is 9.91 Å². The van der Waals surface area contributed by atoms with Gasteiger partial charge in [0.1, 0.15) is 5.82 Å². The van der Waals surface area contributed by atoms with Gasteiger partial charge >= 0.3 is 6.03 Å². The maximum absolute atomic E-state index is 13.6. The van der Waals surface area contributed by atoms with Crippen LogP contribution in [0.2, 0.25) is 0 Å². The van der Waals surface area contributed by atoms with E-state index in [1.807, 2.05) is 5.01 Å². The Hall–Kier alpha value is -2.14. The zero-order chi connectivity index (χ0) is 18.9. The number of amides is 2. The van der Waals surface area contributed by atoms with E-state index in [9.17, 15) is 9.18 Å². The molecule has 4 nitrogen and oxygen atoms in total. The predicted octanol–water partition coefficient (Wildman–Crippen LogP) is 4.61. The first kappa shape index (κ1) is 18.2. The van der Waals surface area contributed by atoms with Crippen LogP contribution in [0.1, 0.15) is 32.6 Å². The number of benzene rings is 1. The Balaban J connectivity index is 1.48. The lowest BCUT2D eigenvalue weighted by molar-refractivity contribution is -0.0280. The minimum atomic E-state index is -0.307. The third-order valence-corrected chi connectivity index (χ3v) is 6.49. The number of allylic oxidation sites excluding steroid dienone is 4. The van der Waals surface area contributed by atoms with Gasteiger partial charge in [0.2, 0.25) is 0 Å². The Kier molecular flexibility index (Phi) is 5.04. The summed E-state index contributed by atoms with van der Waals surface area (Å²) in [4.78, 5) is 14.7. The van der Waals surface area contributed by atoms with Gasteiger partial charge in [0.15, 0.2) is 0 Å². The van der Waals surface area contributed by atoms with Gasteiger partial charge in [-0.1, -0.05) is 37.3 Å². The van der Waals surface area contributed by atoms with Crippen molar-refractivity contribution in [3.63, 3.8) is 0 Å². The summed E-state index contributed by atoms with van der Waals surface area (Å²) in [6.07, 6.45) is 13.5. The van der Waals surface area contributed by atoms with Crippen LogP contribution in [-0.2, 0) is 0 Å². The molecule has 2 heterocycles. The molecule has 144 valence electrons. The van der Waals surface area contributed by atoms with Crippen LogP contribution in [0.4, 0.5) is 14.9 Å². The van der Waals surface area contributed by atoms with Crippen LogP contribution in [0.15, 0.2) is 48.6 Å². The minimum Gasteiger partial charge on any atom is -0.291 e. The normalized spacial score (nSPS) is 29.0. The first-order valence-corrected chi connectivity index (χ1v) is 10.1. The summed E-state index contributed by atoms with van der Waals surface area (Å²) >= 11 is 0. The standard InChI is InChI=1S/C22H28FN3O/c1-2-22(11-4-3-5-12-22)18-8-7-13-24(17-18)26-15-14-25(21(26)27)20-10-6-9-19(23)16-20/h3-6,9-11,16,18H,2,7-8,12-15,17H2,1H3/t18-,22?/m0/s1. The predicted molar refractivity (Wildman–Crippen MR) is 106 cm³/mol. The Morgan fingerprint density at radius 3 is 2.85 bits per heavy atom. The van der Waals surface area contributed by atoms with E-state index in [-0.39, 0.29) is 17.3 Å². The number of halogens is 1. The molecule has 0 bridgehead atoms. The van der Waals surface area contributed by atoms with Crippen molar-refractivity contribution >= 4 is 11.7 Å². The molecular formula is C22H28FN3O. The summed E-state index contributed by atoms with van der Waals surface area (Å²) < 4.78 is 13.6. The highest BCUT2D eigenvalue weighted by Crippen LogP contribution is 2.44. The van der Waals surface area contributed by atoms with Crippen molar-refractivity contribution < 1.29 is 9.18 Å². The van der Waals surface area contributed by atoms with Crippen molar-refractivity contribution in [2.45, 2.75) is 32.6 Å². The zero-order valence-corrected chi connectivity index (χ0v) is 16.0. The van der Waals surface area contributed by atoms with Crippen molar-refractivity contribution in [3.05, 3.63) is 54.4 Å². The molecule has 0 spiro atoms. The second-order valence-corrected chi connectivity index (χ2v) is 7.87.